The molecule has 0 saturated carbocycles. The first-order valence-electron chi connectivity index (χ1n) is 12.8. The minimum Gasteiger partial charge on any atom is -0.467 e. The molecule has 12 nitrogen and oxygen atoms in total. The average Bonchev–Trinajstić information content (AvgIpc) is 3.37. The summed E-state index contributed by atoms with van der Waals surface area (Å²) in [6, 6.07) is 16.5. The smallest absolute Gasteiger partial charge is 0.408 e. The van der Waals surface area contributed by atoms with E-state index in [4.69, 9.17) is 14.2 Å². The number of carbonyl (C=O) groups is 3. The van der Waals surface area contributed by atoms with E-state index in [-0.39, 0.29) is 19.0 Å². The van der Waals surface area contributed by atoms with Gasteiger partial charge in [-0.3, -0.25) is 4.79 Å². The lowest BCUT2D eigenvalue weighted by Gasteiger charge is -2.29. The van der Waals surface area contributed by atoms with Crippen molar-refractivity contribution in [2.75, 3.05) is 13.7 Å². The van der Waals surface area contributed by atoms with Crippen LogP contribution >= 0.6 is 0 Å². The van der Waals surface area contributed by atoms with Gasteiger partial charge in [-0.1, -0.05) is 60.7 Å². The Morgan fingerprint density at radius 3 is 2.17 bits per heavy atom. The van der Waals surface area contributed by atoms with E-state index >= 15 is 0 Å². The highest BCUT2D eigenvalue weighted by Gasteiger charge is 2.36. The molecule has 0 radical (unpaired) electrons. The molecule has 40 heavy (non-hydrogen) atoms. The molecule has 2 atom stereocenters. The van der Waals surface area contributed by atoms with Gasteiger partial charge in [0.1, 0.15) is 17.2 Å². The van der Waals surface area contributed by atoms with E-state index in [9.17, 15) is 14.4 Å². The maximum atomic E-state index is 13.4. The lowest BCUT2D eigenvalue weighted by molar-refractivity contribution is -0.143. The van der Waals surface area contributed by atoms with Gasteiger partial charge in [0, 0.05) is 0 Å². The molecule has 214 valence electrons. The lowest BCUT2D eigenvalue weighted by atomic mass is 10.0. The summed E-state index contributed by atoms with van der Waals surface area (Å²) in [4.78, 5) is 38.7. The van der Waals surface area contributed by atoms with Crippen LogP contribution in [0.25, 0.3) is 0 Å². The summed E-state index contributed by atoms with van der Waals surface area (Å²) in [6.45, 7) is 8.48. The first kappa shape index (κ1) is 30.2. The van der Waals surface area contributed by atoms with Crippen LogP contribution in [0.1, 0.15) is 63.7 Å². The molecule has 3 rings (SSSR count). The van der Waals surface area contributed by atoms with E-state index in [0.717, 1.165) is 5.56 Å². The molecule has 2 amide bonds. The van der Waals surface area contributed by atoms with E-state index in [1.807, 2.05) is 36.4 Å². The first-order valence-corrected chi connectivity index (χ1v) is 12.8. The van der Waals surface area contributed by atoms with Crippen molar-refractivity contribution < 1.29 is 28.6 Å². The number of esters is 1. The Morgan fingerprint density at radius 1 is 0.950 bits per heavy atom. The summed E-state index contributed by atoms with van der Waals surface area (Å²) < 4.78 is 17.6. The third kappa shape index (κ3) is 8.34. The van der Waals surface area contributed by atoms with Gasteiger partial charge < -0.3 is 24.8 Å². The fraction of sp³-hybridized carbons (Fsp3) is 0.429. The number of methoxy groups -OCH3 is 1. The van der Waals surface area contributed by atoms with Gasteiger partial charge in [-0.15, -0.1) is 5.10 Å². The largest absolute Gasteiger partial charge is 0.467 e. The van der Waals surface area contributed by atoms with Gasteiger partial charge in [-0.25, -0.2) is 14.3 Å². The minimum atomic E-state index is -1.38. The standard InChI is InChI=1S/C28H36N6O6/c1-27(2,3)40-26(37)30-28(4,5)25(36)29-21(18-39-17-19-13-9-7-10-14-19)23-31-32-33-34(23)22(24(35)38-6)20-15-11-8-12-16-20/h7-16,21-22H,17-18H2,1-6H3,(H,29,36)(H,30,37)/t21-,22?/m1/s1. The van der Waals surface area contributed by atoms with Crippen LogP contribution in [-0.2, 0) is 30.4 Å². The average molecular weight is 553 g/mol. The summed E-state index contributed by atoms with van der Waals surface area (Å²) >= 11 is 0. The van der Waals surface area contributed by atoms with E-state index in [0.29, 0.717) is 5.56 Å². The van der Waals surface area contributed by atoms with Gasteiger partial charge in [0.15, 0.2) is 11.9 Å². The number of ether oxygens (including phenoxy) is 3. The number of hydrogen-bond donors (Lipinski definition) is 2. The number of carbonyl (C=O) groups excluding carboxylic acids is 3. The molecule has 0 saturated heterocycles. The molecule has 0 bridgehead atoms. The van der Waals surface area contributed by atoms with Gasteiger partial charge in [0.25, 0.3) is 0 Å². The van der Waals surface area contributed by atoms with Crippen LogP contribution in [0.15, 0.2) is 60.7 Å². The number of aromatic nitrogens is 4. The second-order valence-corrected chi connectivity index (χ2v) is 10.6. The van der Waals surface area contributed by atoms with E-state index in [2.05, 4.69) is 26.2 Å². The maximum absolute atomic E-state index is 13.4. The summed E-state index contributed by atoms with van der Waals surface area (Å²) in [5, 5.41) is 17.4. The summed E-state index contributed by atoms with van der Waals surface area (Å²) in [7, 11) is 1.27. The Morgan fingerprint density at radius 2 is 1.57 bits per heavy atom. The lowest BCUT2D eigenvalue weighted by Crippen LogP contribution is -2.56. The molecular weight excluding hydrogens is 516 g/mol. The Bertz CT molecular complexity index is 1270. The molecule has 2 aromatic carbocycles. The summed E-state index contributed by atoms with van der Waals surface area (Å²) in [6.07, 6.45) is -0.746. The number of tetrazole rings is 1. The number of nitrogens with zero attached hydrogens (tertiary/aromatic N) is 4. The molecule has 0 fully saturated rings. The molecule has 1 heterocycles. The zero-order valence-corrected chi connectivity index (χ0v) is 23.6. The second-order valence-electron chi connectivity index (χ2n) is 10.6. The van der Waals surface area contributed by atoms with Crippen molar-refractivity contribution in [3.05, 3.63) is 77.6 Å². The van der Waals surface area contributed by atoms with Crippen molar-refractivity contribution in [2.24, 2.45) is 0 Å². The van der Waals surface area contributed by atoms with Crippen molar-refractivity contribution in [1.29, 1.82) is 0 Å². The molecule has 1 unspecified atom stereocenters. The van der Waals surface area contributed by atoms with Crippen molar-refractivity contribution in [1.82, 2.24) is 30.8 Å². The third-order valence-corrected chi connectivity index (χ3v) is 5.70. The van der Waals surface area contributed by atoms with Crippen LogP contribution in [0.4, 0.5) is 4.79 Å². The monoisotopic (exact) mass is 552 g/mol. The predicted molar refractivity (Wildman–Crippen MR) is 145 cm³/mol. The van der Waals surface area contributed by atoms with Crippen LogP contribution in [0.3, 0.4) is 0 Å². The fourth-order valence-corrected chi connectivity index (χ4v) is 3.74. The zero-order valence-electron chi connectivity index (χ0n) is 23.6. The van der Waals surface area contributed by atoms with E-state index in [1.54, 1.807) is 58.9 Å². The quantitative estimate of drug-likeness (QED) is 0.343. The highest BCUT2D eigenvalue weighted by Crippen LogP contribution is 2.23. The zero-order chi connectivity index (χ0) is 29.3. The molecule has 12 heteroatoms. The van der Waals surface area contributed by atoms with Crippen molar-refractivity contribution in [3.63, 3.8) is 0 Å². The van der Waals surface area contributed by atoms with Crippen LogP contribution in [0.2, 0.25) is 0 Å². The van der Waals surface area contributed by atoms with Crippen molar-refractivity contribution in [2.45, 2.75) is 64.4 Å². The molecule has 2 N–H and O–H groups in total. The highest BCUT2D eigenvalue weighted by molar-refractivity contribution is 5.89. The molecule has 0 aliphatic rings. The van der Waals surface area contributed by atoms with Gasteiger partial charge in [-0.05, 0) is 56.2 Å². The SMILES string of the molecule is COC(=O)C(c1ccccc1)n1nnnc1[C@@H](COCc1ccccc1)NC(=O)C(C)(C)NC(=O)OC(C)(C)C. The first-order chi connectivity index (χ1) is 18.9. The number of benzene rings is 2. The Kier molecular flexibility index (Phi) is 9.94. The van der Waals surface area contributed by atoms with Gasteiger partial charge in [0.05, 0.1) is 20.3 Å². The summed E-state index contributed by atoms with van der Waals surface area (Å²) in [5.41, 5.74) is -0.604. The number of hydrogen-bond acceptors (Lipinski definition) is 9. The topological polar surface area (TPSA) is 147 Å². The van der Waals surface area contributed by atoms with E-state index in [1.165, 1.54) is 11.8 Å². The number of alkyl carbamates (subject to hydrolysis) is 1. The normalized spacial score (nSPS) is 13.2. The Hall–Kier alpha value is -4.32. The van der Waals surface area contributed by atoms with E-state index < -0.39 is 41.2 Å². The maximum Gasteiger partial charge on any atom is 0.408 e. The van der Waals surface area contributed by atoms with Crippen molar-refractivity contribution in [3.8, 4) is 0 Å². The number of amides is 2. The van der Waals surface area contributed by atoms with Crippen LogP contribution < -0.4 is 10.6 Å². The Labute approximate surface area is 233 Å². The highest BCUT2D eigenvalue weighted by atomic mass is 16.6. The number of rotatable bonds is 11. The minimum absolute atomic E-state index is 0.0355. The van der Waals surface area contributed by atoms with Crippen LogP contribution in [-0.4, -0.2) is 63.0 Å². The second kappa shape index (κ2) is 13.2. The molecule has 0 aliphatic heterocycles. The predicted octanol–water partition coefficient (Wildman–Crippen LogP) is 3.11. The molecule has 0 aliphatic carbocycles. The van der Waals surface area contributed by atoms with Gasteiger partial charge in [0.2, 0.25) is 5.91 Å². The van der Waals surface area contributed by atoms with Gasteiger partial charge in [-0.2, -0.15) is 0 Å². The molecule has 3 aromatic rings. The van der Waals surface area contributed by atoms with Crippen molar-refractivity contribution >= 4 is 18.0 Å². The summed E-state index contributed by atoms with van der Waals surface area (Å²) in [5.74, 6) is -0.980. The third-order valence-electron chi connectivity index (χ3n) is 5.70. The Balaban J connectivity index is 1.90. The molecular formula is C28H36N6O6. The fourth-order valence-electron chi connectivity index (χ4n) is 3.74. The molecule has 0 spiro atoms. The van der Waals surface area contributed by atoms with Gasteiger partial charge >= 0.3 is 12.1 Å². The van der Waals surface area contributed by atoms with Crippen LogP contribution in [0.5, 0.6) is 0 Å². The molecule has 1 aromatic heterocycles. The van der Waals surface area contributed by atoms with Crippen LogP contribution in [0, 0.1) is 0 Å². The number of nitrogens with one attached hydrogen (secondary N) is 2.